The molecule has 0 atom stereocenters. The topological polar surface area (TPSA) is 81.1 Å². The van der Waals surface area contributed by atoms with Crippen molar-refractivity contribution in [3.05, 3.63) is 65.9 Å². The Labute approximate surface area is 183 Å². The third-order valence-corrected chi connectivity index (χ3v) is 7.11. The molecule has 1 aliphatic carbocycles. The predicted molar refractivity (Wildman–Crippen MR) is 122 cm³/mol. The first-order valence-corrected chi connectivity index (χ1v) is 12.4. The smallest absolute Gasteiger partial charge is 0.240 e. The maximum Gasteiger partial charge on any atom is 0.240 e. The molecule has 1 aliphatic rings. The van der Waals surface area contributed by atoms with Gasteiger partial charge in [0.05, 0.1) is 11.9 Å². The van der Waals surface area contributed by atoms with Crippen molar-refractivity contribution < 1.29 is 13.2 Å². The molecule has 6 nitrogen and oxygen atoms in total. The lowest BCUT2D eigenvalue weighted by Gasteiger charge is -2.15. The summed E-state index contributed by atoms with van der Waals surface area (Å²) in [6.07, 6.45) is 4.93. The highest BCUT2D eigenvalue weighted by molar-refractivity contribution is 7.92. The minimum Gasteiger partial charge on any atom is -0.325 e. The Balaban J connectivity index is 1.62. The van der Waals surface area contributed by atoms with Gasteiger partial charge in [0.25, 0.3) is 0 Å². The largest absolute Gasteiger partial charge is 0.325 e. The van der Waals surface area contributed by atoms with Crippen molar-refractivity contribution in [2.24, 2.45) is 0 Å². The fourth-order valence-electron chi connectivity index (χ4n) is 3.90. The standard InChI is InChI=1S/C24H27N3O3S/c1-3-17-11-8-12-18(4-2)23(17)26-22(28)16-31(29,30)24-25-15-21(27(24)20-13-14-20)19-9-6-5-7-10-19/h5-12,15,20H,3-4,13-14,16H2,1-2H3,(H,26,28). The van der Waals surface area contributed by atoms with Gasteiger partial charge in [0.2, 0.25) is 20.9 Å². The normalized spacial score (nSPS) is 13.9. The summed E-state index contributed by atoms with van der Waals surface area (Å²) in [5, 5.41) is 2.83. The lowest BCUT2D eigenvalue weighted by molar-refractivity contribution is -0.113. The van der Waals surface area contributed by atoms with Crippen LogP contribution in [0.5, 0.6) is 0 Å². The highest BCUT2D eigenvalue weighted by Gasteiger charge is 2.34. The fraction of sp³-hybridized carbons (Fsp3) is 0.333. The van der Waals surface area contributed by atoms with Crippen LogP contribution in [0.3, 0.4) is 0 Å². The van der Waals surface area contributed by atoms with Gasteiger partial charge in [0.1, 0.15) is 5.75 Å². The second-order valence-electron chi connectivity index (χ2n) is 7.86. The summed E-state index contributed by atoms with van der Waals surface area (Å²) in [5.74, 6) is -1.17. The quantitative estimate of drug-likeness (QED) is 0.566. The molecule has 162 valence electrons. The number of amides is 1. The molecule has 1 heterocycles. The van der Waals surface area contributed by atoms with Gasteiger partial charge in [-0.15, -0.1) is 0 Å². The van der Waals surface area contributed by atoms with Crippen LogP contribution in [0, 0.1) is 0 Å². The Morgan fingerprint density at radius 3 is 2.26 bits per heavy atom. The average molecular weight is 438 g/mol. The van der Waals surface area contributed by atoms with E-state index in [0.717, 1.165) is 53.8 Å². The molecule has 1 aromatic heterocycles. The van der Waals surface area contributed by atoms with Crippen LogP contribution in [0.1, 0.15) is 43.9 Å². The minimum absolute atomic E-state index is 0.0245. The molecule has 0 spiro atoms. The number of anilines is 1. The molecule has 3 aromatic rings. The van der Waals surface area contributed by atoms with Crippen LogP contribution in [-0.2, 0) is 27.5 Å². The first-order valence-electron chi connectivity index (χ1n) is 10.7. The van der Waals surface area contributed by atoms with Crippen molar-refractivity contribution >= 4 is 21.4 Å². The number of para-hydroxylation sites is 1. The zero-order valence-electron chi connectivity index (χ0n) is 17.8. The minimum atomic E-state index is -3.90. The van der Waals surface area contributed by atoms with Gasteiger partial charge in [-0.1, -0.05) is 62.4 Å². The molecule has 1 fully saturated rings. The third-order valence-electron chi connectivity index (χ3n) is 5.61. The molecular formula is C24H27N3O3S. The van der Waals surface area contributed by atoms with E-state index in [-0.39, 0.29) is 11.2 Å². The van der Waals surface area contributed by atoms with E-state index in [2.05, 4.69) is 10.3 Å². The second-order valence-corrected chi connectivity index (χ2v) is 9.74. The van der Waals surface area contributed by atoms with Gasteiger partial charge in [0.15, 0.2) is 0 Å². The van der Waals surface area contributed by atoms with Crippen LogP contribution in [-0.4, -0.2) is 29.6 Å². The Bertz CT molecular complexity index is 1170. The molecule has 0 unspecified atom stereocenters. The number of aromatic nitrogens is 2. The Morgan fingerprint density at radius 2 is 1.68 bits per heavy atom. The van der Waals surface area contributed by atoms with Gasteiger partial charge < -0.3 is 9.88 Å². The average Bonchev–Trinajstić information content (AvgIpc) is 3.51. The van der Waals surface area contributed by atoms with Gasteiger partial charge in [-0.2, -0.15) is 0 Å². The van der Waals surface area contributed by atoms with E-state index in [0.29, 0.717) is 0 Å². The first kappa shape index (κ1) is 21.3. The maximum atomic E-state index is 13.2. The molecule has 31 heavy (non-hydrogen) atoms. The van der Waals surface area contributed by atoms with E-state index in [4.69, 9.17) is 0 Å². The van der Waals surface area contributed by atoms with E-state index >= 15 is 0 Å². The Kier molecular flexibility index (Phi) is 5.96. The van der Waals surface area contributed by atoms with Crippen LogP contribution >= 0.6 is 0 Å². The Hall–Kier alpha value is -2.93. The maximum absolute atomic E-state index is 13.2. The number of aryl methyl sites for hydroxylation is 2. The van der Waals surface area contributed by atoms with E-state index < -0.39 is 21.5 Å². The number of carbonyl (C=O) groups excluding carboxylic acids is 1. The van der Waals surface area contributed by atoms with Crippen LogP contribution in [0.2, 0.25) is 0 Å². The van der Waals surface area contributed by atoms with Crippen molar-refractivity contribution in [2.45, 2.75) is 50.7 Å². The van der Waals surface area contributed by atoms with E-state index in [1.54, 1.807) is 10.8 Å². The molecule has 7 heteroatoms. The molecule has 0 radical (unpaired) electrons. The number of carbonyl (C=O) groups is 1. The number of imidazole rings is 1. The van der Waals surface area contributed by atoms with Crippen LogP contribution < -0.4 is 5.32 Å². The lowest BCUT2D eigenvalue weighted by atomic mass is 10.0. The van der Waals surface area contributed by atoms with Crippen LogP contribution in [0.25, 0.3) is 11.3 Å². The van der Waals surface area contributed by atoms with Gasteiger partial charge in [-0.05, 0) is 42.4 Å². The summed E-state index contributed by atoms with van der Waals surface area (Å²) in [6, 6.07) is 15.6. The van der Waals surface area contributed by atoms with Gasteiger partial charge in [-0.25, -0.2) is 13.4 Å². The van der Waals surface area contributed by atoms with Crippen molar-refractivity contribution in [1.29, 1.82) is 0 Å². The summed E-state index contributed by atoms with van der Waals surface area (Å²) >= 11 is 0. The number of sulfone groups is 1. The summed E-state index contributed by atoms with van der Waals surface area (Å²) in [4.78, 5) is 17.0. The molecule has 0 aliphatic heterocycles. The summed E-state index contributed by atoms with van der Waals surface area (Å²) in [7, 11) is -3.90. The van der Waals surface area contributed by atoms with E-state index in [1.165, 1.54) is 0 Å². The van der Waals surface area contributed by atoms with Crippen molar-refractivity contribution in [3.63, 3.8) is 0 Å². The molecule has 1 saturated carbocycles. The van der Waals surface area contributed by atoms with Crippen molar-refractivity contribution in [3.8, 4) is 11.3 Å². The summed E-state index contributed by atoms with van der Waals surface area (Å²) in [5.41, 5.74) is 4.40. The van der Waals surface area contributed by atoms with Gasteiger partial charge in [0, 0.05) is 11.7 Å². The SMILES string of the molecule is CCc1cccc(CC)c1NC(=O)CS(=O)(=O)c1ncc(-c2ccccc2)n1C1CC1. The molecular weight excluding hydrogens is 410 g/mol. The third kappa shape index (κ3) is 4.42. The Morgan fingerprint density at radius 1 is 1.03 bits per heavy atom. The summed E-state index contributed by atoms with van der Waals surface area (Å²) in [6.45, 7) is 4.03. The van der Waals surface area contributed by atoms with E-state index in [9.17, 15) is 13.2 Å². The number of benzene rings is 2. The molecule has 1 N–H and O–H groups in total. The van der Waals surface area contributed by atoms with Crippen molar-refractivity contribution in [1.82, 2.24) is 9.55 Å². The number of hydrogen-bond acceptors (Lipinski definition) is 4. The molecule has 0 bridgehead atoms. The molecule has 0 saturated heterocycles. The van der Waals surface area contributed by atoms with Gasteiger partial charge >= 0.3 is 0 Å². The van der Waals surface area contributed by atoms with Gasteiger partial charge in [-0.3, -0.25) is 4.79 Å². The lowest BCUT2D eigenvalue weighted by Crippen LogP contribution is -2.26. The number of nitrogens with zero attached hydrogens (tertiary/aromatic N) is 2. The predicted octanol–water partition coefficient (Wildman–Crippen LogP) is 4.42. The van der Waals surface area contributed by atoms with Crippen LogP contribution in [0.15, 0.2) is 59.9 Å². The highest BCUT2D eigenvalue weighted by atomic mass is 32.2. The number of hydrogen-bond donors (Lipinski definition) is 1. The number of nitrogens with one attached hydrogen (secondary N) is 1. The zero-order valence-corrected chi connectivity index (χ0v) is 18.7. The van der Waals surface area contributed by atoms with Crippen LogP contribution in [0.4, 0.5) is 5.69 Å². The molecule has 1 amide bonds. The summed E-state index contributed by atoms with van der Waals surface area (Å²) < 4.78 is 28.2. The zero-order chi connectivity index (χ0) is 22.0. The second kappa shape index (κ2) is 8.67. The van der Waals surface area contributed by atoms with Crippen molar-refractivity contribution in [2.75, 3.05) is 11.1 Å². The highest BCUT2D eigenvalue weighted by Crippen LogP contribution is 2.41. The molecule has 2 aromatic carbocycles. The first-order chi connectivity index (χ1) is 14.9. The fourth-order valence-corrected chi connectivity index (χ4v) is 5.20. The monoisotopic (exact) mass is 437 g/mol. The molecule has 4 rings (SSSR count). The van der Waals surface area contributed by atoms with E-state index in [1.807, 2.05) is 62.4 Å². The number of rotatable bonds is 8.